The van der Waals surface area contributed by atoms with Crippen LogP contribution >= 0.6 is 11.6 Å². The lowest BCUT2D eigenvalue weighted by Crippen LogP contribution is -2.20. The summed E-state index contributed by atoms with van der Waals surface area (Å²) in [5.74, 6) is 1.08. The number of tetrazole rings is 1. The molecule has 32 heavy (non-hydrogen) atoms. The molecule has 0 saturated carbocycles. The van der Waals surface area contributed by atoms with E-state index in [0.717, 1.165) is 11.1 Å². The molecule has 1 heterocycles. The second kappa shape index (κ2) is 11.1. The van der Waals surface area contributed by atoms with Gasteiger partial charge in [-0.15, -0.1) is 6.58 Å². The molecule has 0 radical (unpaired) electrons. The lowest BCUT2D eigenvalue weighted by atomic mass is 10.2. The molecule has 0 aliphatic carbocycles. The third kappa shape index (κ3) is 6.21. The van der Waals surface area contributed by atoms with E-state index in [1.165, 1.54) is 0 Å². The van der Waals surface area contributed by atoms with Crippen LogP contribution in [0.3, 0.4) is 0 Å². The van der Waals surface area contributed by atoms with Gasteiger partial charge >= 0.3 is 0 Å². The third-order valence-electron chi connectivity index (χ3n) is 4.38. The van der Waals surface area contributed by atoms with Crippen molar-refractivity contribution in [3.8, 4) is 11.5 Å². The van der Waals surface area contributed by atoms with Crippen LogP contribution < -0.4 is 20.1 Å². The monoisotopic (exact) mass is 456 g/mol. The number of allylic oxidation sites excluding steroid dienone is 1. The van der Waals surface area contributed by atoms with Crippen LogP contribution in [0.2, 0.25) is 5.02 Å². The lowest BCUT2D eigenvalue weighted by Gasteiger charge is -2.15. The lowest BCUT2D eigenvalue weighted by molar-refractivity contribution is -0.118. The van der Waals surface area contributed by atoms with Gasteiger partial charge in [-0.3, -0.25) is 4.79 Å². The Balaban J connectivity index is 1.66. The Labute approximate surface area is 191 Å². The van der Waals surface area contributed by atoms with Gasteiger partial charge in [0, 0.05) is 23.3 Å². The first kappa shape index (κ1) is 23.1. The van der Waals surface area contributed by atoms with E-state index in [0.29, 0.717) is 47.9 Å². The van der Waals surface area contributed by atoms with Crippen LogP contribution in [0.5, 0.6) is 11.5 Å². The molecule has 1 amide bonds. The quantitative estimate of drug-likeness (QED) is 0.422. The number of ether oxygens (including phenoxy) is 2. The zero-order chi connectivity index (χ0) is 22.9. The van der Waals surface area contributed by atoms with Gasteiger partial charge in [0.1, 0.15) is 0 Å². The summed E-state index contributed by atoms with van der Waals surface area (Å²) in [7, 11) is 0. The molecule has 3 rings (SSSR count). The second-order valence-electron chi connectivity index (χ2n) is 6.85. The number of hydrogen-bond acceptors (Lipinski definition) is 7. The summed E-state index contributed by atoms with van der Waals surface area (Å²) in [6.07, 6.45) is 1.70. The van der Waals surface area contributed by atoms with E-state index in [-0.39, 0.29) is 12.5 Å². The molecule has 0 saturated heterocycles. The van der Waals surface area contributed by atoms with Gasteiger partial charge in [0.05, 0.1) is 13.2 Å². The summed E-state index contributed by atoms with van der Waals surface area (Å²) < 4.78 is 13.0. The highest BCUT2D eigenvalue weighted by atomic mass is 35.5. The van der Waals surface area contributed by atoms with Crippen LogP contribution in [0.1, 0.15) is 18.1 Å². The fraction of sp³-hybridized carbons (Fsp3) is 0.273. The molecule has 168 valence electrons. The molecule has 1 aromatic heterocycles. The number of carbonyl (C=O) groups excluding carboxylic acids is 1. The highest BCUT2D eigenvalue weighted by molar-refractivity contribution is 6.31. The largest absolute Gasteiger partial charge is 0.490 e. The summed E-state index contributed by atoms with van der Waals surface area (Å²) in [6.45, 7) is 8.62. The van der Waals surface area contributed by atoms with Gasteiger partial charge < -0.3 is 20.1 Å². The maximum Gasteiger partial charge on any atom is 0.262 e. The van der Waals surface area contributed by atoms with E-state index in [1.54, 1.807) is 22.9 Å². The van der Waals surface area contributed by atoms with Gasteiger partial charge in [0.25, 0.3) is 5.91 Å². The first-order valence-electron chi connectivity index (χ1n) is 10.1. The van der Waals surface area contributed by atoms with Gasteiger partial charge in [-0.05, 0) is 48.0 Å². The summed E-state index contributed by atoms with van der Waals surface area (Å²) in [5.41, 5.74) is 2.58. The Bertz CT molecular complexity index is 1070. The molecule has 9 nitrogen and oxygen atoms in total. The van der Waals surface area contributed by atoms with Crippen molar-refractivity contribution in [3.05, 3.63) is 65.2 Å². The van der Waals surface area contributed by atoms with Gasteiger partial charge in [0.2, 0.25) is 5.95 Å². The molecule has 0 aliphatic rings. The Morgan fingerprint density at radius 3 is 2.69 bits per heavy atom. The fourth-order valence-corrected chi connectivity index (χ4v) is 3.04. The highest BCUT2D eigenvalue weighted by Gasteiger charge is 2.14. The molecule has 0 atom stereocenters. The summed E-state index contributed by atoms with van der Waals surface area (Å²) in [6, 6.07) is 10.9. The molecule has 0 aliphatic heterocycles. The topological polar surface area (TPSA) is 103 Å². The number of aromatic nitrogens is 4. The standard InChI is InChI=1S/C22H25ClN6O3/c1-4-10-29-22(26-27-28-29)24-13-16-11-19(31-5-2)20(12-18(16)23)32-14-21(30)25-17-8-6-15(3)7-9-17/h4,6-9,11-12H,1,5,10,13-14H2,2-3H3,(H,25,30)(H,24,26,28). The number of rotatable bonds is 11. The minimum absolute atomic E-state index is 0.182. The zero-order valence-corrected chi connectivity index (χ0v) is 18.7. The van der Waals surface area contributed by atoms with Crippen molar-refractivity contribution < 1.29 is 14.3 Å². The van der Waals surface area contributed by atoms with Crippen LogP contribution in [0, 0.1) is 6.92 Å². The minimum atomic E-state index is -0.285. The average Bonchev–Trinajstić information content (AvgIpc) is 3.22. The molecule has 2 aromatic carbocycles. The first-order valence-corrected chi connectivity index (χ1v) is 10.4. The molecule has 3 aromatic rings. The van der Waals surface area contributed by atoms with E-state index in [2.05, 4.69) is 32.7 Å². The van der Waals surface area contributed by atoms with Crippen molar-refractivity contribution >= 4 is 29.1 Å². The summed E-state index contributed by atoms with van der Waals surface area (Å²) in [5, 5.41) is 17.9. The predicted molar refractivity (Wildman–Crippen MR) is 123 cm³/mol. The predicted octanol–water partition coefficient (Wildman–Crippen LogP) is 3.85. The summed E-state index contributed by atoms with van der Waals surface area (Å²) >= 11 is 6.45. The first-order chi connectivity index (χ1) is 15.5. The van der Waals surface area contributed by atoms with E-state index in [4.69, 9.17) is 21.1 Å². The average molecular weight is 457 g/mol. The van der Waals surface area contributed by atoms with Crippen LogP contribution in [-0.2, 0) is 17.9 Å². The van der Waals surface area contributed by atoms with Crippen LogP contribution in [0.15, 0.2) is 49.1 Å². The Kier molecular flexibility index (Phi) is 8.04. The smallest absolute Gasteiger partial charge is 0.262 e. The molecule has 0 spiro atoms. The Morgan fingerprint density at radius 2 is 1.97 bits per heavy atom. The van der Waals surface area contributed by atoms with E-state index in [1.807, 2.05) is 38.1 Å². The fourth-order valence-electron chi connectivity index (χ4n) is 2.82. The Hall–Kier alpha value is -3.59. The zero-order valence-electron chi connectivity index (χ0n) is 18.0. The van der Waals surface area contributed by atoms with Crippen molar-refractivity contribution in [1.82, 2.24) is 20.2 Å². The van der Waals surface area contributed by atoms with E-state index in [9.17, 15) is 4.79 Å². The van der Waals surface area contributed by atoms with Gasteiger partial charge in [-0.2, -0.15) is 0 Å². The molecule has 10 heteroatoms. The van der Waals surface area contributed by atoms with Crippen LogP contribution in [-0.4, -0.2) is 39.3 Å². The number of benzene rings is 2. The molecular formula is C22H25ClN6O3. The van der Waals surface area contributed by atoms with Crippen molar-refractivity contribution in [1.29, 1.82) is 0 Å². The maximum absolute atomic E-state index is 12.3. The molecular weight excluding hydrogens is 432 g/mol. The van der Waals surface area contributed by atoms with E-state index < -0.39 is 0 Å². The van der Waals surface area contributed by atoms with Gasteiger partial charge in [-0.1, -0.05) is 40.5 Å². The Morgan fingerprint density at radius 1 is 1.22 bits per heavy atom. The van der Waals surface area contributed by atoms with Crippen LogP contribution in [0.4, 0.5) is 11.6 Å². The van der Waals surface area contributed by atoms with E-state index >= 15 is 0 Å². The number of hydrogen-bond donors (Lipinski definition) is 2. The highest BCUT2D eigenvalue weighted by Crippen LogP contribution is 2.34. The van der Waals surface area contributed by atoms with Gasteiger partial charge in [-0.25, -0.2) is 4.68 Å². The number of aryl methyl sites for hydroxylation is 1. The maximum atomic E-state index is 12.3. The number of anilines is 2. The molecule has 2 N–H and O–H groups in total. The number of amides is 1. The van der Waals surface area contributed by atoms with Crippen molar-refractivity contribution in [2.75, 3.05) is 23.8 Å². The summed E-state index contributed by atoms with van der Waals surface area (Å²) in [4.78, 5) is 12.3. The number of carbonyl (C=O) groups is 1. The minimum Gasteiger partial charge on any atom is -0.490 e. The van der Waals surface area contributed by atoms with Crippen LogP contribution in [0.25, 0.3) is 0 Å². The number of nitrogens with zero attached hydrogens (tertiary/aromatic N) is 4. The number of halogens is 1. The second-order valence-corrected chi connectivity index (χ2v) is 7.26. The molecule has 0 unspecified atom stereocenters. The van der Waals surface area contributed by atoms with Crippen molar-refractivity contribution in [2.45, 2.75) is 26.9 Å². The molecule has 0 fully saturated rings. The normalized spacial score (nSPS) is 10.5. The molecule has 0 bridgehead atoms. The van der Waals surface area contributed by atoms with Gasteiger partial charge in [0.15, 0.2) is 18.1 Å². The number of nitrogens with one attached hydrogen (secondary N) is 2. The SMILES string of the molecule is C=CCn1nnnc1NCc1cc(OCC)c(OCC(=O)Nc2ccc(C)cc2)cc1Cl. The third-order valence-corrected chi connectivity index (χ3v) is 4.73. The van der Waals surface area contributed by atoms with Crippen molar-refractivity contribution in [3.63, 3.8) is 0 Å². The van der Waals surface area contributed by atoms with Crippen molar-refractivity contribution in [2.24, 2.45) is 0 Å².